The maximum Gasteiger partial charge on any atom is 0.171 e. The Morgan fingerprint density at radius 3 is 1.66 bits per heavy atom. The number of aromatic nitrogens is 1. The van der Waals surface area contributed by atoms with Crippen LogP contribution in [0.1, 0.15) is 22.9 Å². The second kappa shape index (κ2) is 13.1. The molecule has 8 aromatic carbocycles. The number of hydrogen-bond donors (Lipinski definition) is 1. The third-order valence-electron chi connectivity index (χ3n) is 10.9. The van der Waals surface area contributed by atoms with Gasteiger partial charge in [0.1, 0.15) is 22.8 Å². The van der Waals surface area contributed by atoms with Crippen molar-refractivity contribution in [2.24, 2.45) is 9.98 Å². The first-order valence-corrected chi connectivity index (χ1v) is 18.9. The fourth-order valence-corrected chi connectivity index (χ4v) is 8.15. The van der Waals surface area contributed by atoms with E-state index in [-0.39, 0.29) is 0 Å². The Bertz CT molecular complexity index is 3140. The molecule has 1 aliphatic rings. The van der Waals surface area contributed by atoms with E-state index in [1.807, 2.05) is 36.4 Å². The zero-order chi connectivity index (χ0) is 37.0. The van der Waals surface area contributed by atoms with Gasteiger partial charge >= 0.3 is 0 Å². The van der Waals surface area contributed by atoms with Crippen LogP contribution in [0.2, 0.25) is 0 Å². The highest BCUT2D eigenvalue weighted by atomic mass is 16.3. The van der Waals surface area contributed by atoms with Gasteiger partial charge in [-0.1, -0.05) is 158 Å². The van der Waals surface area contributed by atoms with Crippen molar-refractivity contribution >= 4 is 55.4 Å². The molecule has 5 nitrogen and oxygen atoms in total. The molecule has 0 spiro atoms. The molecule has 1 unspecified atom stereocenters. The van der Waals surface area contributed by atoms with E-state index >= 15 is 0 Å². The van der Waals surface area contributed by atoms with Crippen LogP contribution in [0.5, 0.6) is 0 Å². The van der Waals surface area contributed by atoms with Crippen molar-refractivity contribution in [3.05, 3.63) is 211 Å². The normalized spacial score (nSPS) is 14.2. The van der Waals surface area contributed by atoms with E-state index in [4.69, 9.17) is 14.4 Å². The largest absolute Gasteiger partial charge is 0.456 e. The quantitative estimate of drug-likeness (QED) is 0.186. The highest BCUT2D eigenvalue weighted by Gasteiger charge is 2.25. The van der Waals surface area contributed by atoms with Gasteiger partial charge < -0.3 is 14.3 Å². The molecular weight excluding hydrogens is 685 g/mol. The number of fused-ring (bicyclic) bond motifs is 6. The van der Waals surface area contributed by atoms with Gasteiger partial charge in [0.05, 0.1) is 16.7 Å². The first-order chi connectivity index (χ1) is 27.7. The van der Waals surface area contributed by atoms with Crippen molar-refractivity contribution < 1.29 is 4.42 Å². The van der Waals surface area contributed by atoms with E-state index in [0.29, 0.717) is 0 Å². The SMILES string of the molecule is c1ccc(C2=NC(c3ccccc3-n3c4ccc(-c5ccccc5)cc4c4cc5oc6ccccc6c5cc43)N=C(c3ccc(-c4ccccc4)cc3)N2)cc1. The molecule has 10 aromatic rings. The molecule has 5 heteroatoms. The number of para-hydroxylation sites is 2. The van der Waals surface area contributed by atoms with Crippen molar-refractivity contribution in [1.82, 2.24) is 9.88 Å². The number of benzene rings is 8. The van der Waals surface area contributed by atoms with Gasteiger partial charge in [0, 0.05) is 38.2 Å². The third kappa shape index (κ3) is 5.40. The Kier molecular flexibility index (Phi) is 7.49. The summed E-state index contributed by atoms with van der Waals surface area (Å²) < 4.78 is 8.84. The van der Waals surface area contributed by atoms with Gasteiger partial charge in [-0.15, -0.1) is 0 Å². The summed E-state index contributed by atoms with van der Waals surface area (Å²) in [5.41, 5.74) is 12.7. The van der Waals surface area contributed by atoms with Crippen LogP contribution in [0.25, 0.3) is 71.7 Å². The summed E-state index contributed by atoms with van der Waals surface area (Å²) in [6, 6.07) is 68.1. The van der Waals surface area contributed by atoms with Crippen molar-refractivity contribution in [2.75, 3.05) is 0 Å². The minimum atomic E-state index is -0.513. The number of aliphatic imine (C=N–C) groups is 2. The lowest BCUT2D eigenvalue weighted by Gasteiger charge is -2.24. The van der Waals surface area contributed by atoms with E-state index in [2.05, 4.69) is 168 Å². The van der Waals surface area contributed by atoms with Gasteiger partial charge in [-0.05, 0) is 58.7 Å². The van der Waals surface area contributed by atoms with Crippen molar-refractivity contribution in [2.45, 2.75) is 6.17 Å². The Morgan fingerprint density at radius 2 is 0.929 bits per heavy atom. The summed E-state index contributed by atoms with van der Waals surface area (Å²) in [5, 5.41) is 8.06. The van der Waals surface area contributed by atoms with E-state index in [0.717, 1.165) is 88.9 Å². The van der Waals surface area contributed by atoms with Crippen LogP contribution in [0.3, 0.4) is 0 Å². The number of nitrogens with zero attached hydrogens (tertiary/aromatic N) is 3. The zero-order valence-electron chi connectivity index (χ0n) is 30.3. The van der Waals surface area contributed by atoms with Gasteiger partial charge in [0.2, 0.25) is 0 Å². The Labute approximate surface area is 323 Å². The highest BCUT2D eigenvalue weighted by Crippen LogP contribution is 2.41. The number of rotatable bonds is 6. The predicted molar refractivity (Wildman–Crippen MR) is 231 cm³/mol. The second-order valence-electron chi connectivity index (χ2n) is 14.2. The first-order valence-electron chi connectivity index (χ1n) is 18.9. The number of nitrogens with one attached hydrogen (secondary N) is 1. The molecule has 0 fully saturated rings. The lowest BCUT2D eigenvalue weighted by molar-refractivity contribution is 0.669. The molecule has 56 heavy (non-hydrogen) atoms. The molecule has 1 aliphatic heterocycles. The van der Waals surface area contributed by atoms with Gasteiger partial charge in [0.25, 0.3) is 0 Å². The Morgan fingerprint density at radius 1 is 0.393 bits per heavy atom. The average molecular weight is 719 g/mol. The molecule has 0 aliphatic carbocycles. The Hall–Kier alpha value is -7.50. The molecule has 1 atom stereocenters. The maximum absolute atomic E-state index is 6.45. The van der Waals surface area contributed by atoms with E-state index in [1.165, 1.54) is 11.1 Å². The van der Waals surface area contributed by atoms with Crippen LogP contribution in [0, 0.1) is 0 Å². The van der Waals surface area contributed by atoms with Crippen LogP contribution in [-0.4, -0.2) is 16.2 Å². The second-order valence-corrected chi connectivity index (χ2v) is 14.2. The summed E-state index contributed by atoms with van der Waals surface area (Å²) in [4.78, 5) is 10.7. The van der Waals surface area contributed by atoms with Crippen LogP contribution in [0.4, 0.5) is 0 Å². The topological polar surface area (TPSA) is 54.8 Å². The van der Waals surface area contributed by atoms with Gasteiger partial charge in [-0.2, -0.15) is 0 Å². The summed E-state index contributed by atoms with van der Waals surface area (Å²) in [6.45, 7) is 0. The molecule has 0 saturated carbocycles. The minimum absolute atomic E-state index is 0.513. The summed E-state index contributed by atoms with van der Waals surface area (Å²) >= 11 is 0. The number of amidine groups is 2. The monoisotopic (exact) mass is 718 g/mol. The molecular formula is C51H34N4O. The molecule has 0 radical (unpaired) electrons. The highest BCUT2D eigenvalue weighted by molar-refractivity contribution is 6.18. The number of furan rings is 1. The summed E-state index contributed by atoms with van der Waals surface area (Å²) in [5.74, 6) is 1.56. The average Bonchev–Trinajstić information content (AvgIpc) is 3.80. The van der Waals surface area contributed by atoms with Crippen LogP contribution in [-0.2, 0) is 0 Å². The first kappa shape index (κ1) is 32.0. The van der Waals surface area contributed by atoms with Gasteiger partial charge in [0.15, 0.2) is 6.17 Å². The maximum atomic E-state index is 6.45. The van der Waals surface area contributed by atoms with E-state index in [9.17, 15) is 0 Å². The summed E-state index contributed by atoms with van der Waals surface area (Å²) in [6.07, 6.45) is -0.513. The molecule has 3 heterocycles. The van der Waals surface area contributed by atoms with Crippen LogP contribution < -0.4 is 5.32 Å². The Balaban J connectivity index is 1.12. The summed E-state index contributed by atoms with van der Waals surface area (Å²) in [7, 11) is 0. The lowest BCUT2D eigenvalue weighted by atomic mass is 10.0. The standard InChI is InChI=1S/C51H34N4O/c1-4-14-33(15-5-1)35-24-26-37(27-25-35)50-52-49(36-18-8-3-9-19-36)53-51(54-50)40-21-10-12-22-44(40)55-45-29-28-38(34-16-6-2-7-17-34)30-41(45)42-32-48-43(31-46(42)55)39-20-11-13-23-47(39)56-48/h1-32,51H,(H,52,53,54). The molecule has 264 valence electrons. The minimum Gasteiger partial charge on any atom is -0.456 e. The smallest absolute Gasteiger partial charge is 0.171 e. The predicted octanol–water partition coefficient (Wildman–Crippen LogP) is 12.5. The fraction of sp³-hybridized carbons (Fsp3) is 0.0196. The van der Waals surface area contributed by atoms with Crippen molar-refractivity contribution in [1.29, 1.82) is 0 Å². The van der Waals surface area contributed by atoms with Crippen LogP contribution in [0.15, 0.2) is 209 Å². The number of hydrogen-bond acceptors (Lipinski definition) is 4. The lowest BCUT2D eigenvalue weighted by Crippen LogP contribution is -2.36. The molecule has 11 rings (SSSR count). The van der Waals surface area contributed by atoms with Crippen LogP contribution >= 0.6 is 0 Å². The molecule has 1 N–H and O–H groups in total. The van der Waals surface area contributed by atoms with E-state index < -0.39 is 6.17 Å². The fourth-order valence-electron chi connectivity index (χ4n) is 8.15. The molecule has 0 amide bonds. The van der Waals surface area contributed by atoms with Gasteiger partial charge in [-0.3, -0.25) is 0 Å². The zero-order valence-corrected chi connectivity index (χ0v) is 30.3. The van der Waals surface area contributed by atoms with Gasteiger partial charge in [-0.25, -0.2) is 9.98 Å². The van der Waals surface area contributed by atoms with Crippen molar-refractivity contribution in [3.63, 3.8) is 0 Å². The molecule has 2 aromatic heterocycles. The van der Waals surface area contributed by atoms with E-state index in [1.54, 1.807) is 0 Å². The van der Waals surface area contributed by atoms with Crippen molar-refractivity contribution in [3.8, 4) is 27.9 Å². The molecule has 0 bridgehead atoms. The third-order valence-corrected chi connectivity index (χ3v) is 10.9. The molecule has 0 saturated heterocycles.